The first-order chi connectivity index (χ1) is 4.63. The molecular weight excluding hydrogens is 128 g/mol. The number of hydrogen-bond donors (Lipinski definition) is 0. The Kier molecular flexibility index (Phi) is 3.26. The number of nitriles is 1. The molecule has 0 aromatic carbocycles. The number of hydrogen-bond acceptors (Lipinski definition) is 2. The highest BCUT2D eigenvalue weighted by Gasteiger charge is 2.04. The normalized spacial score (nSPS) is 10.5. The van der Waals surface area contributed by atoms with Gasteiger partial charge in [0.2, 0.25) is 5.96 Å². The monoisotopic (exact) mass is 140 g/mol. The molecule has 0 fully saturated rings. The van der Waals surface area contributed by atoms with Crippen LogP contribution in [0.4, 0.5) is 0 Å². The van der Waals surface area contributed by atoms with Gasteiger partial charge in [-0.2, -0.15) is 5.26 Å². The van der Waals surface area contributed by atoms with Crippen LogP contribution in [0.5, 0.6) is 0 Å². The van der Waals surface area contributed by atoms with Gasteiger partial charge in [0.25, 0.3) is 0 Å². The van der Waals surface area contributed by atoms with Crippen molar-refractivity contribution < 1.29 is 0 Å². The molecule has 0 aromatic heterocycles. The molecule has 0 unspecified atom stereocenters. The smallest absolute Gasteiger partial charge is 0.208 e. The van der Waals surface area contributed by atoms with Gasteiger partial charge >= 0.3 is 0 Å². The van der Waals surface area contributed by atoms with E-state index in [-0.39, 0.29) is 0 Å². The van der Waals surface area contributed by atoms with Crippen LogP contribution < -0.4 is 0 Å². The van der Waals surface area contributed by atoms with E-state index in [4.69, 9.17) is 5.26 Å². The molecule has 0 N–H and O–H groups in total. The third-order valence-electron chi connectivity index (χ3n) is 1.05. The van der Waals surface area contributed by atoms with Gasteiger partial charge in [-0.05, 0) is 0 Å². The molecule has 0 atom stereocenters. The van der Waals surface area contributed by atoms with Crippen LogP contribution in [0.15, 0.2) is 4.99 Å². The Balaban J connectivity index is 4.27. The van der Waals surface area contributed by atoms with Crippen LogP contribution in [0.3, 0.4) is 0 Å². The SMILES string of the molecule is C/N=C(/N(C)C)N(C)C#N. The Bertz CT molecular complexity index is 165. The van der Waals surface area contributed by atoms with E-state index < -0.39 is 0 Å². The fraction of sp³-hybridized carbons (Fsp3) is 0.667. The average Bonchev–Trinajstić information content (AvgIpc) is 1.88. The van der Waals surface area contributed by atoms with Crippen molar-refractivity contribution >= 4 is 5.96 Å². The standard InChI is InChI=1S/C6H12N4/c1-8-6(9(2)3)10(4)5-7/h1-4H3/b8-6-. The fourth-order valence-corrected chi connectivity index (χ4v) is 0.695. The Labute approximate surface area is 61.4 Å². The number of rotatable bonds is 0. The predicted octanol–water partition coefficient (Wildman–Crippen LogP) is -0.0533. The van der Waals surface area contributed by atoms with Gasteiger partial charge in [0.1, 0.15) is 0 Å². The summed E-state index contributed by atoms with van der Waals surface area (Å²) in [5.41, 5.74) is 0. The molecule has 0 aliphatic carbocycles. The first-order valence-corrected chi connectivity index (χ1v) is 2.91. The summed E-state index contributed by atoms with van der Waals surface area (Å²) in [5, 5.41) is 8.45. The first kappa shape index (κ1) is 8.76. The summed E-state index contributed by atoms with van der Waals surface area (Å²) in [6.45, 7) is 0. The molecular formula is C6H12N4. The van der Waals surface area contributed by atoms with Crippen LogP contribution >= 0.6 is 0 Å². The summed E-state index contributed by atoms with van der Waals surface area (Å²) >= 11 is 0. The van der Waals surface area contributed by atoms with E-state index in [2.05, 4.69) is 4.99 Å². The molecule has 0 bridgehead atoms. The highest BCUT2D eigenvalue weighted by atomic mass is 15.3. The fourth-order valence-electron chi connectivity index (χ4n) is 0.695. The van der Waals surface area contributed by atoms with Gasteiger partial charge < -0.3 is 4.90 Å². The zero-order valence-electron chi connectivity index (χ0n) is 6.79. The van der Waals surface area contributed by atoms with Crippen LogP contribution in [0.25, 0.3) is 0 Å². The van der Waals surface area contributed by atoms with Crippen molar-refractivity contribution in [3.8, 4) is 6.19 Å². The maximum atomic E-state index is 8.45. The topological polar surface area (TPSA) is 42.6 Å². The minimum atomic E-state index is 0.655. The van der Waals surface area contributed by atoms with Crippen LogP contribution in [-0.4, -0.2) is 44.0 Å². The zero-order chi connectivity index (χ0) is 8.15. The van der Waals surface area contributed by atoms with E-state index >= 15 is 0 Å². The molecule has 0 saturated carbocycles. The molecule has 0 amide bonds. The van der Waals surface area contributed by atoms with Crippen molar-refractivity contribution in [1.29, 1.82) is 5.26 Å². The number of aliphatic imine (C=N–C) groups is 1. The predicted molar refractivity (Wildman–Crippen MR) is 40.4 cm³/mol. The lowest BCUT2D eigenvalue weighted by molar-refractivity contribution is 0.518. The largest absolute Gasteiger partial charge is 0.348 e. The van der Waals surface area contributed by atoms with Crippen molar-refractivity contribution in [2.75, 3.05) is 28.2 Å². The van der Waals surface area contributed by atoms with E-state index in [9.17, 15) is 0 Å². The van der Waals surface area contributed by atoms with Crippen LogP contribution in [-0.2, 0) is 0 Å². The highest BCUT2D eigenvalue weighted by molar-refractivity contribution is 5.80. The third-order valence-corrected chi connectivity index (χ3v) is 1.05. The van der Waals surface area contributed by atoms with E-state index in [1.165, 1.54) is 4.90 Å². The molecule has 0 saturated heterocycles. The molecule has 10 heavy (non-hydrogen) atoms. The molecule has 0 aliphatic rings. The second kappa shape index (κ2) is 3.72. The summed E-state index contributed by atoms with van der Waals surface area (Å²) in [7, 11) is 7.01. The maximum absolute atomic E-state index is 8.45. The minimum absolute atomic E-state index is 0.655. The molecule has 0 spiro atoms. The van der Waals surface area contributed by atoms with Gasteiger partial charge in [-0.1, -0.05) is 0 Å². The lowest BCUT2D eigenvalue weighted by Gasteiger charge is -2.18. The molecule has 0 aromatic rings. The second-order valence-corrected chi connectivity index (χ2v) is 2.08. The second-order valence-electron chi connectivity index (χ2n) is 2.08. The van der Waals surface area contributed by atoms with Crippen LogP contribution in [0.2, 0.25) is 0 Å². The molecule has 56 valence electrons. The molecule has 0 aliphatic heterocycles. The van der Waals surface area contributed by atoms with Gasteiger partial charge in [0.15, 0.2) is 6.19 Å². The van der Waals surface area contributed by atoms with E-state index in [1.807, 2.05) is 20.3 Å². The summed E-state index contributed by atoms with van der Waals surface area (Å²) in [6, 6.07) is 0. The quantitative estimate of drug-likeness (QED) is 0.205. The summed E-state index contributed by atoms with van der Waals surface area (Å²) in [4.78, 5) is 7.09. The molecule has 0 radical (unpaired) electrons. The average molecular weight is 140 g/mol. The van der Waals surface area contributed by atoms with E-state index in [0.29, 0.717) is 5.96 Å². The van der Waals surface area contributed by atoms with Crippen molar-refractivity contribution in [1.82, 2.24) is 9.80 Å². The van der Waals surface area contributed by atoms with Crippen LogP contribution in [0.1, 0.15) is 0 Å². The van der Waals surface area contributed by atoms with Gasteiger partial charge in [-0.3, -0.25) is 9.89 Å². The van der Waals surface area contributed by atoms with Crippen molar-refractivity contribution in [2.45, 2.75) is 0 Å². The molecule has 4 heteroatoms. The third kappa shape index (κ3) is 1.94. The lowest BCUT2D eigenvalue weighted by atomic mass is 10.7. The van der Waals surface area contributed by atoms with Crippen LogP contribution in [0, 0.1) is 11.5 Å². The zero-order valence-corrected chi connectivity index (χ0v) is 6.79. The first-order valence-electron chi connectivity index (χ1n) is 2.91. The van der Waals surface area contributed by atoms with Crippen molar-refractivity contribution in [3.63, 3.8) is 0 Å². The summed E-state index contributed by atoms with van der Waals surface area (Å²) < 4.78 is 0. The Morgan fingerprint density at radius 2 is 1.90 bits per heavy atom. The van der Waals surface area contributed by atoms with Crippen molar-refractivity contribution in [3.05, 3.63) is 0 Å². The molecule has 0 heterocycles. The Morgan fingerprint density at radius 1 is 1.40 bits per heavy atom. The van der Waals surface area contributed by atoms with E-state index in [1.54, 1.807) is 19.0 Å². The maximum Gasteiger partial charge on any atom is 0.208 e. The van der Waals surface area contributed by atoms with Gasteiger partial charge in [0.05, 0.1) is 0 Å². The molecule has 0 rings (SSSR count). The highest BCUT2D eigenvalue weighted by Crippen LogP contribution is 1.87. The van der Waals surface area contributed by atoms with E-state index in [0.717, 1.165) is 0 Å². The Morgan fingerprint density at radius 3 is 2.00 bits per heavy atom. The summed E-state index contributed by atoms with van der Waals surface area (Å²) in [5.74, 6) is 0.655. The minimum Gasteiger partial charge on any atom is -0.348 e. The number of nitrogens with zero attached hydrogens (tertiary/aromatic N) is 4. The lowest BCUT2D eigenvalue weighted by Crippen LogP contribution is -2.34. The van der Waals surface area contributed by atoms with Gasteiger partial charge in [0, 0.05) is 28.2 Å². The van der Waals surface area contributed by atoms with Crippen molar-refractivity contribution in [2.24, 2.45) is 4.99 Å². The molecule has 4 nitrogen and oxygen atoms in total. The van der Waals surface area contributed by atoms with Gasteiger partial charge in [-0.25, -0.2) is 0 Å². The Hall–Kier alpha value is -1.24. The number of guanidine groups is 1. The van der Waals surface area contributed by atoms with Gasteiger partial charge in [-0.15, -0.1) is 0 Å². The summed E-state index contributed by atoms with van der Waals surface area (Å²) in [6.07, 6.45) is 1.96.